The molecule has 0 saturated carbocycles. The van der Waals surface area contributed by atoms with Crippen molar-refractivity contribution in [1.29, 1.82) is 0 Å². The molecule has 4 heterocycles. The maximum absolute atomic E-state index is 9.55. The summed E-state index contributed by atoms with van der Waals surface area (Å²) in [5.74, 6) is 1.98. The fourth-order valence-electron chi connectivity index (χ4n) is 3.63. The Morgan fingerprint density at radius 2 is 2.08 bits per heavy atom. The van der Waals surface area contributed by atoms with Crippen LogP contribution in [0.25, 0.3) is 0 Å². The Morgan fingerprint density at radius 1 is 1.25 bits per heavy atom. The van der Waals surface area contributed by atoms with E-state index < -0.39 is 0 Å². The Bertz CT molecular complexity index is 552. The molecule has 0 unspecified atom stereocenters. The molecule has 24 heavy (non-hydrogen) atoms. The highest BCUT2D eigenvalue weighted by Crippen LogP contribution is 2.28. The first-order chi connectivity index (χ1) is 11.8. The van der Waals surface area contributed by atoms with Crippen molar-refractivity contribution in [1.82, 2.24) is 14.9 Å². The summed E-state index contributed by atoms with van der Waals surface area (Å²) < 4.78 is 5.52. The number of likely N-dealkylation sites (tertiary alicyclic amines) is 1. The Balaban J connectivity index is 1.44. The van der Waals surface area contributed by atoms with Crippen molar-refractivity contribution in [3.05, 3.63) is 11.8 Å². The summed E-state index contributed by atoms with van der Waals surface area (Å²) in [5, 5.41) is 13.0. The molecule has 0 aliphatic carbocycles. The lowest BCUT2D eigenvalue weighted by Crippen LogP contribution is -2.51. The highest BCUT2D eigenvalue weighted by Gasteiger charge is 2.28. The summed E-state index contributed by atoms with van der Waals surface area (Å²) in [6.45, 7) is 7.19. The Labute approximate surface area is 143 Å². The minimum Gasteiger partial charge on any atom is -0.389 e. The van der Waals surface area contributed by atoms with Crippen molar-refractivity contribution in [2.24, 2.45) is 0 Å². The number of ether oxygens (including phenoxy) is 1. The zero-order valence-electron chi connectivity index (χ0n) is 14.2. The van der Waals surface area contributed by atoms with E-state index in [1.54, 1.807) is 0 Å². The second-order valence-corrected chi connectivity index (χ2v) is 7.07. The molecule has 2 N–H and O–H groups in total. The molecule has 3 aliphatic heterocycles. The predicted molar refractivity (Wildman–Crippen MR) is 92.6 cm³/mol. The van der Waals surface area contributed by atoms with E-state index in [1.165, 1.54) is 25.9 Å². The minimum absolute atomic E-state index is 0.251. The molecule has 3 saturated heterocycles. The van der Waals surface area contributed by atoms with Crippen LogP contribution in [0.5, 0.6) is 0 Å². The van der Waals surface area contributed by atoms with Crippen LogP contribution >= 0.6 is 0 Å². The van der Waals surface area contributed by atoms with Gasteiger partial charge in [-0.2, -0.15) is 4.98 Å². The van der Waals surface area contributed by atoms with Crippen molar-refractivity contribution < 1.29 is 9.84 Å². The number of β-amino-alcohol motifs (C(OH)–C–C–N with tert-alkyl or cyclic N) is 1. The molecule has 0 radical (unpaired) electrons. The number of aromatic nitrogens is 2. The molecule has 1 aromatic rings. The van der Waals surface area contributed by atoms with Crippen molar-refractivity contribution in [2.75, 3.05) is 62.7 Å². The monoisotopic (exact) mass is 333 g/mol. The average Bonchev–Trinajstić information content (AvgIpc) is 3.25. The van der Waals surface area contributed by atoms with Crippen LogP contribution in [0.15, 0.2) is 6.07 Å². The maximum atomic E-state index is 9.55. The summed E-state index contributed by atoms with van der Waals surface area (Å²) in [6, 6.07) is 2.07. The molecular formula is C17H27N5O2. The number of aliphatic hydroxyl groups excluding tert-OH is 1. The second kappa shape index (κ2) is 7.21. The van der Waals surface area contributed by atoms with E-state index in [0.29, 0.717) is 19.0 Å². The van der Waals surface area contributed by atoms with Gasteiger partial charge in [0.1, 0.15) is 5.82 Å². The Morgan fingerprint density at radius 3 is 2.79 bits per heavy atom. The van der Waals surface area contributed by atoms with E-state index in [0.717, 1.165) is 50.2 Å². The van der Waals surface area contributed by atoms with E-state index in [-0.39, 0.29) is 6.10 Å². The number of rotatable bonds is 6. The summed E-state index contributed by atoms with van der Waals surface area (Å²) in [5.41, 5.74) is 1.06. The highest BCUT2D eigenvalue weighted by atomic mass is 16.5. The molecule has 7 heteroatoms. The van der Waals surface area contributed by atoms with Crippen molar-refractivity contribution in [2.45, 2.75) is 31.3 Å². The summed E-state index contributed by atoms with van der Waals surface area (Å²) in [4.78, 5) is 13.9. The first-order valence-corrected chi connectivity index (χ1v) is 9.14. The Kier molecular flexibility index (Phi) is 4.82. The largest absolute Gasteiger partial charge is 0.389 e. The van der Waals surface area contributed by atoms with Crippen molar-refractivity contribution in [3.63, 3.8) is 0 Å². The summed E-state index contributed by atoms with van der Waals surface area (Å²) in [7, 11) is 0. The zero-order chi connectivity index (χ0) is 16.4. The normalized spacial score (nSPS) is 25.2. The molecule has 1 aromatic heterocycles. The number of hydrogen-bond donors (Lipinski definition) is 2. The molecule has 0 bridgehead atoms. The molecule has 3 aliphatic rings. The van der Waals surface area contributed by atoms with Gasteiger partial charge in [0, 0.05) is 44.8 Å². The van der Waals surface area contributed by atoms with Gasteiger partial charge >= 0.3 is 0 Å². The second-order valence-electron chi connectivity index (χ2n) is 7.07. The SMILES string of the molecule is OC1CN(c2nc(NCCN3CCCC3)cc([C@@H]3CCOC3)n2)C1. The lowest BCUT2D eigenvalue weighted by Gasteiger charge is -2.36. The Hall–Kier alpha value is -1.44. The number of nitrogens with zero attached hydrogens (tertiary/aromatic N) is 4. The smallest absolute Gasteiger partial charge is 0.227 e. The van der Waals surface area contributed by atoms with Crippen LogP contribution in [0.1, 0.15) is 30.9 Å². The van der Waals surface area contributed by atoms with Crippen LogP contribution in [-0.4, -0.2) is 78.6 Å². The third kappa shape index (κ3) is 3.63. The number of aliphatic hydroxyl groups is 1. The fourth-order valence-corrected chi connectivity index (χ4v) is 3.63. The molecule has 1 atom stereocenters. The summed E-state index contributed by atoms with van der Waals surface area (Å²) >= 11 is 0. The first kappa shape index (κ1) is 16.1. The number of anilines is 2. The molecule has 0 aromatic carbocycles. The van der Waals surface area contributed by atoms with Gasteiger partial charge in [-0.25, -0.2) is 4.98 Å². The van der Waals surface area contributed by atoms with Crippen LogP contribution in [0.2, 0.25) is 0 Å². The van der Waals surface area contributed by atoms with Gasteiger partial charge < -0.3 is 25.0 Å². The summed E-state index contributed by atoms with van der Waals surface area (Å²) in [6.07, 6.45) is 3.41. The molecule has 4 rings (SSSR count). The lowest BCUT2D eigenvalue weighted by atomic mass is 10.0. The standard InChI is InChI=1S/C17H27N5O2/c23-14-10-22(11-14)17-19-15(13-3-8-24-12-13)9-16(20-17)18-4-7-21-5-1-2-6-21/h9,13-14,23H,1-8,10-12H2,(H,18,19,20)/t13-/m1/s1. The quantitative estimate of drug-likeness (QED) is 0.792. The van der Waals surface area contributed by atoms with E-state index in [2.05, 4.69) is 21.3 Å². The van der Waals surface area contributed by atoms with Gasteiger partial charge in [-0.3, -0.25) is 0 Å². The highest BCUT2D eigenvalue weighted by molar-refractivity contribution is 5.46. The van der Waals surface area contributed by atoms with Crippen LogP contribution < -0.4 is 10.2 Å². The van der Waals surface area contributed by atoms with Crippen LogP contribution in [0.3, 0.4) is 0 Å². The zero-order valence-corrected chi connectivity index (χ0v) is 14.2. The van der Waals surface area contributed by atoms with E-state index in [1.807, 2.05) is 4.90 Å². The maximum Gasteiger partial charge on any atom is 0.227 e. The third-order valence-electron chi connectivity index (χ3n) is 5.16. The fraction of sp³-hybridized carbons (Fsp3) is 0.765. The van der Waals surface area contributed by atoms with Gasteiger partial charge in [-0.05, 0) is 32.4 Å². The van der Waals surface area contributed by atoms with Gasteiger partial charge in [0.05, 0.1) is 18.4 Å². The third-order valence-corrected chi connectivity index (χ3v) is 5.16. The van der Waals surface area contributed by atoms with Gasteiger partial charge in [0.2, 0.25) is 5.95 Å². The van der Waals surface area contributed by atoms with Crippen molar-refractivity contribution >= 4 is 11.8 Å². The molecule has 132 valence electrons. The molecule has 0 amide bonds. The van der Waals surface area contributed by atoms with Crippen LogP contribution in [-0.2, 0) is 4.74 Å². The van der Waals surface area contributed by atoms with Crippen molar-refractivity contribution in [3.8, 4) is 0 Å². The molecule has 0 spiro atoms. The van der Waals surface area contributed by atoms with Gasteiger partial charge in [0.15, 0.2) is 0 Å². The number of hydrogen-bond acceptors (Lipinski definition) is 7. The van der Waals surface area contributed by atoms with E-state index in [9.17, 15) is 5.11 Å². The molecule has 7 nitrogen and oxygen atoms in total. The minimum atomic E-state index is -0.251. The topological polar surface area (TPSA) is 73.8 Å². The molecular weight excluding hydrogens is 306 g/mol. The predicted octanol–water partition coefficient (Wildman–Crippen LogP) is 0.669. The van der Waals surface area contributed by atoms with E-state index >= 15 is 0 Å². The lowest BCUT2D eigenvalue weighted by molar-refractivity contribution is 0.140. The van der Waals surface area contributed by atoms with Crippen LogP contribution in [0.4, 0.5) is 11.8 Å². The van der Waals surface area contributed by atoms with Gasteiger partial charge in [0.25, 0.3) is 0 Å². The van der Waals surface area contributed by atoms with E-state index in [4.69, 9.17) is 9.72 Å². The first-order valence-electron chi connectivity index (χ1n) is 9.14. The van der Waals surface area contributed by atoms with Gasteiger partial charge in [-0.1, -0.05) is 0 Å². The number of nitrogens with one attached hydrogen (secondary N) is 1. The molecule has 3 fully saturated rings. The average molecular weight is 333 g/mol. The van der Waals surface area contributed by atoms with Crippen LogP contribution in [0, 0.1) is 0 Å². The van der Waals surface area contributed by atoms with Gasteiger partial charge in [-0.15, -0.1) is 0 Å².